The maximum Gasteiger partial charge on any atom is 0.395 e. The number of rotatable bonds is 0. The Hall–Kier alpha value is -1.33. The summed E-state index contributed by atoms with van der Waals surface area (Å²) in [6, 6.07) is 0. The molecule has 1 heterocycles. The number of hydrogen-bond acceptors (Lipinski definition) is 3. The summed E-state index contributed by atoms with van der Waals surface area (Å²) in [6.07, 6.45) is -3.07. The van der Waals surface area contributed by atoms with Gasteiger partial charge in [0.2, 0.25) is 0 Å². The van der Waals surface area contributed by atoms with Gasteiger partial charge in [0, 0.05) is 5.92 Å². The number of halogens is 3. The lowest BCUT2D eigenvalue weighted by atomic mass is 9.82. The molecule has 0 saturated carbocycles. The fourth-order valence-electron chi connectivity index (χ4n) is 1.81. The summed E-state index contributed by atoms with van der Waals surface area (Å²) < 4.78 is 42.4. The van der Waals surface area contributed by atoms with Crippen molar-refractivity contribution in [3.8, 4) is 0 Å². The minimum absolute atomic E-state index is 0.289. The van der Waals surface area contributed by atoms with Crippen molar-refractivity contribution in [2.45, 2.75) is 25.9 Å². The van der Waals surface area contributed by atoms with Crippen molar-refractivity contribution >= 4 is 5.57 Å². The number of hydrogen-bond donors (Lipinski definition) is 0. The summed E-state index contributed by atoms with van der Waals surface area (Å²) in [5, 5.41) is 7.11. The van der Waals surface area contributed by atoms with Crippen LogP contribution in [0.4, 0.5) is 13.2 Å². The predicted octanol–water partition coefficient (Wildman–Crippen LogP) is 2.77. The topological polar surface area (TPSA) is 38.9 Å². The van der Waals surface area contributed by atoms with E-state index in [2.05, 4.69) is 14.9 Å². The van der Waals surface area contributed by atoms with Crippen molar-refractivity contribution in [3.05, 3.63) is 17.5 Å². The number of aromatic nitrogens is 2. The van der Waals surface area contributed by atoms with Gasteiger partial charge in [0.15, 0.2) is 0 Å². The van der Waals surface area contributed by atoms with Crippen molar-refractivity contribution in [1.82, 2.24) is 10.3 Å². The normalized spacial score (nSPS) is 26.1. The van der Waals surface area contributed by atoms with E-state index >= 15 is 0 Å². The smallest absolute Gasteiger partial charge is 0.244 e. The number of allylic oxidation sites excluding steroid dienone is 2. The molecule has 82 valence electrons. The molecule has 2 unspecified atom stereocenters. The minimum atomic E-state index is -4.25. The van der Waals surface area contributed by atoms with Crippen LogP contribution < -0.4 is 0 Å². The van der Waals surface area contributed by atoms with Crippen LogP contribution in [-0.4, -0.2) is 16.5 Å². The molecule has 0 bridgehead atoms. The lowest BCUT2D eigenvalue weighted by molar-refractivity contribution is -0.166. The molecule has 1 aromatic heterocycles. The van der Waals surface area contributed by atoms with Crippen LogP contribution in [0.15, 0.2) is 10.7 Å². The van der Waals surface area contributed by atoms with Crippen LogP contribution in [0.3, 0.4) is 0 Å². The van der Waals surface area contributed by atoms with E-state index < -0.39 is 18.0 Å². The molecule has 3 nitrogen and oxygen atoms in total. The van der Waals surface area contributed by atoms with Crippen LogP contribution in [0.5, 0.6) is 0 Å². The Morgan fingerprint density at radius 2 is 2.00 bits per heavy atom. The van der Waals surface area contributed by atoms with Crippen molar-refractivity contribution in [2.75, 3.05) is 0 Å². The van der Waals surface area contributed by atoms with Crippen LogP contribution in [-0.2, 0) is 0 Å². The molecule has 0 spiro atoms. The highest BCUT2D eigenvalue weighted by molar-refractivity contribution is 5.65. The average Bonchev–Trinajstić information content (AvgIpc) is 2.58. The van der Waals surface area contributed by atoms with E-state index in [1.807, 2.05) is 0 Å². The van der Waals surface area contributed by atoms with E-state index in [1.165, 1.54) is 13.0 Å². The van der Waals surface area contributed by atoms with Crippen molar-refractivity contribution < 1.29 is 17.8 Å². The first kappa shape index (κ1) is 10.2. The lowest BCUT2D eigenvalue weighted by Gasteiger charge is -2.26. The van der Waals surface area contributed by atoms with Crippen LogP contribution in [0, 0.1) is 5.92 Å². The molecule has 0 aromatic carbocycles. The summed E-state index contributed by atoms with van der Waals surface area (Å²) in [6.45, 7) is 3.05. The Kier molecular flexibility index (Phi) is 2.09. The first-order valence-electron chi connectivity index (χ1n) is 4.49. The first-order valence-corrected chi connectivity index (χ1v) is 4.49. The van der Waals surface area contributed by atoms with Gasteiger partial charge in [-0.25, -0.2) is 4.63 Å². The minimum Gasteiger partial charge on any atom is -0.244 e. The number of fused-ring (bicyclic) bond motifs is 1. The second-order valence-corrected chi connectivity index (χ2v) is 3.70. The van der Waals surface area contributed by atoms with Gasteiger partial charge in [-0.2, -0.15) is 13.2 Å². The van der Waals surface area contributed by atoms with Gasteiger partial charge in [0.05, 0.1) is 5.92 Å². The molecule has 0 saturated heterocycles. The van der Waals surface area contributed by atoms with Crippen LogP contribution in [0.25, 0.3) is 5.57 Å². The van der Waals surface area contributed by atoms with Gasteiger partial charge < -0.3 is 0 Å². The van der Waals surface area contributed by atoms with Gasteiger partial charge in [0.1, 0.15) is 11.4 Å². The van der Waals surface area contributed by atoms with Crippen molar-refractivity contribution in [2.24, 2.45) is 5.92 Å². The van der Waals surface area contributed by atoms with E-state index in [4.69, 9.17) is 0 Å². The Morgan fingerprint density at radius 1 is 1.33 bits per heavy atom. The summed E-state index contributed by atoms with van der Waals surface area (Å²) in [5.41, 5.74) is 1.19. The third-order valence-corrected chi connectivity index (χ3v) is 2.66. The molecule has 2 rings (SSSR count). The second-order valence-electron chi connectivity index (χ2n) is 3.70. The zero-order chi connectivity index (χ0) is 11.2. The van der Waals surface area contributed by atoms with Gasteiger partial charge in [-0.3, -0.25) is 0 Å². The van der Waals surface area contributed by atoms with Gasteiger partial charge in [0.25, 0.3) is 0 Å². The summed E-state index contributed by atoms with van der Waals surface area (Å²) in [5.74, 6) is -2.24. The second kappa shape index (κ2) is 3.08. The zero-order valence-electron chi connectivity index (χ0n) is 8.17. The monoisotopic (exact) mass is 218 g/mol. The van der Waals surface area contributed by atoms with Gasteiger partial charge >= 0.3 is 6.18 Å². The number of nitrogens with zero attached hydrogens (tertiary/aromatic N) is 2. The highest BCUT2D eigenvalue weighted by atomic mass is 19.4. The summed E-state index contributed by atoms with van der Waals surface area (Å²) in [7, 11) is 0. The third kappa shape index (κ3) is 1.53. The Morgan fingerprint density at radius 3 is 2.60 bits per heavy atom. The lowest BCUT2D eigenvalue weighted by Crippen LogP contribution is -2.29. The predicted molar refractivity (Wildman–Crippen MR) is 45.9 cm³/mol. The molecule has 2 atom stereocenters. The zero-order valence-corrected chi connectivity index (χ0v) is 8.17. The number of alkyl halides is 3. The molecule has 0 N–H and O–H groups in total. The molecule has 0 aliphatic heterocycles. The van der Waals surface area contributed by atoms with E-state index in [1.54, 1.807) is 6.92 Å². The molecule has 0 amide bonds. The maximum atomic E-state index is 12.6. The highest BCUT2D eigenvalue weighted by Crippen LogP contribution is 2.43. The standard InChI is InChI=1S/C9H9F3N2O/c1-4-3-6(9(10,11)12)5(2)8-7(4)13-15-14-8/h3,5-6H,1-2H3. The Labute approximate surface area is 83.9 Å². The third-order valence-electron chi connectivity index (χ3n) is 2.66. The molecular formula is C9H9F3N2O. The van der Waals surface area contributed by atoms with E-state index in [0.717, 1.165) is 0 Å². The van der Waals surface area contributed by atoms with E-state index in [-0.39, 0.29) is 5.69 Å². The SMILES string of the molecule is CC1=CC(C(F)(F)F)C(C)c2nonc21. The largest absolute Gasteiger partial charge is 0.395 e. The fraction of sp³-hybridized carbons (Fsp3) is 0.556. The molecule has 15 heavy (non-hydrogen) atoms. The van der Waals surface area contributed by atoms with Crippen LogP contribution in [0.2, 0.25) is 0 Å². The summed E-state index contributed by atoms with van der Waals surface area (Å²) >= 11 is 0. The van der Waals surface area contributed by atoms with Crippen LogP contribution in [0.1, 0.15) is 31.2 Å². The quantitative estimate of drug-likeness (QED) is 0.672. The first-order chi connectivity index (χ1) is 6.91. The fourth-order valence-corrected chi connectivity index (χ4v) is 1.81. The highest BCUT2D eigenvalue weighted by Gasteiger charge is 2.46. The molecule has 6 heteroatoms. The van der Waals surface area contributed by atoms with E-state index in [0.29, 0.717) is 11.3 Å². The van der Waals surface area contributed by atoms with Crippen molar-refractivity contribution in [3.63, 3.8) is 0 Å². The van der Waals surface area contributed by atoms with Gasteiger partial charge in [-0.15, -0.1) is 0 Å². The maximum absolute atomic E-state index is 12.6. The molecule has 1 aliphatic rings. The van der Waals surface area contributed by atoms with Crippen LogP contribution >= 0.6 is 0 Å². The molecule has 0 radical (unpaired) electrons. The molecule has 1 aliphatic carbocycles. The van der Waals surface area contributed by atoms with Gasteiger partial charge in [-0.1, -0.05) is 18.2 Å². The molecule has 0 fully saturated rings. The summed E-state index contributed by atoms with van der Waals surface area (Å²) in [4.78, 5) is 0. The Balaban J connectivity index is 2.47. The Bertz CT molecular complexity index is 408. The van der Waals surface area contributed by atoms with E-state index in [9.17, 15) is 13.2 Å². The average molecular weight is 218 g/mol. The molecule has 1 aromatic rings. The van der Waals surface area contributed by atoms with Crippen molar-refractivity contribution in [1.29, 1.82) is 0 Å². The van der Waals surface area contributed by atoms with Gasteiger partial charge in [-0.05, 0) is 17.7 Å². The molecular weight excluding hydrogens is 209 g/mol.